The maximum absolute atomic E-state index is 14.9. The Kier molecular flexibility index (Phi) is 5.37. The van der Waals surface area contributed by atoms with Crippen molar-refractivity contribution in [1.29, 1.82) is 0 Å². The number of rotatable bonds is 4. The highest BCUT2D eigenvalue weighted by molar-refractivity contribution is 6.21. The van der Waals surface area contributed by atoms with E-state index in [4.69, 9.17) is 0 Å². The number of para-hydroxylation sites is 2. The number of nitrogens with one attached hydrogen (secondary N) is 1. The number of pyridine rings is 1. The molecule has 0 saturated heterocycles. The highest BCUT2D eigenvalue weighted by Crippen LogP contribution is 2.36. The second-order valence-electron chi connectivity index (χ2n) is 8.68. The van der Waals surface area contributed by atoms with Crippen LogP contribution in [0.5, 0.6) is 0 Å². The van der Waals surface area contributed by atoms with Crippen LogP contribution in [-0.2, 0) is 16.0 Å². The van der Waals surface area contributed by atoms with Gasteiger partial charge in [0.1, 0.15) is 5.82 Å². The third-order valence-corrected chi connectivity index (χ3v) is 6.49. The van der Waals surface area contributed by atoms with Gasteiger partial charge in [0.2, 0.25) is 12.1 Å². The number of nitrogens with zero attached hydrogens (tertiary/aromatic N) is 3. The van der Waals surface area contributed by atoms with Gasteiger partial charge < -0.3 is 10.2 Å². The minimum absolute atomic E-state index is 0.282. The van der Waals surface area contributed by atoms with Gasteiger partial charge in [0, 0.05) is 40.9 Å². The lowest BCUT2D eigenvalue weighted by molar-refractivity contribution is -0.125. The molecule has 1 aromatic heterocycles. The van der Waals surface area contributed by atoms with Crippen LogP contribution in [0.25, 0.3) is 17.0 Å². The summed E-state index contributed by atoms with van der Waals surface area (Å²) in [4.78, 5) is 37.1. The number of fused-ring (bicyclic) bond motifs is 1. The van der Waals surface area contributed by atoms with E-state index in [-0.39, 0.29) is 11.5 Å². The Morgan fingerprint density at radius 2 is 1.81 bits per heavy atom. The predicted molar refractivity (Wildman–Crippen MR) is 137 cm³/mol. The van der Waals surface area contributed by atoms with Crippen molar-refractivity contribution >= 4 is 40.2 Å². The first-order valence-corrected chi connectivity index (χ1v) is 11.7. The van der Waals surface area contributed by atoms with Crippen molar-refractivity contribution in [2.24, 2.45) is 4.99 Å². The Hall–Kier alpha value is -4.65. The number of hydrogen-bond donors (Lipinski definition) is 1. The van der Waals surface area contributed by atoms with E-state index in [9.17, 15) is 14.0 Å². The molecular weight excluding hydrogens is 455 g/mol. The standard InChI is InChI=1S/C29H21FN4O2/c30-23-12-2-1-10-21(23)26-22-11-4-8-20-15-17-34(27(20)22)29(36)28(33-26)32-24(35)14-13-19-7-3-6-18-9-5-16-31-25(18)19/h1-14,16,28H,15,17H2,(H,32,35)/b14-13+. The first kappa shape index (κ1) is 21.9. The zero-order valence-corrected chi connectivity index (χ0v) is 19.2. The summed E-state index contributed by atoms with van der Waals surface area (Å²) in [5.41, 5.74) is 4.59. The van der Waals surface area contributed by atoms with Gasteiger partial charge in [-0.2, -0.15) is 0 Å². The molecule has 7 heteroatoms. The van der Waals surface area contributed by atoms with Crippen LogP contribution in [0, 0.1) is 5.82 Å². The van der Waals surface area contributed by atoms with Crippen molar-refractivity contribution in [3.8, 4) is 0 Å². The molecule has 0 saturated carbocycles. The molecule has 0 spiro atoms. The van der Waals surface area contributed by atoms with Crippen LogP contribution in [0.2, 0.25) is 0 Å². The van der Waals surface area contributed by atoms with Crippen LogP contribution in [0.4, 0.5) is 10.1 Å². The highest BCUT2D eigenvalue weighted by Gasteiger charge is 2.37. The van der Waals surface area contributed by atoms with Gasteiger partial charge in [-0.1, -0.05) is 54.6 Å². The molecule has 1 N–H and O–H groups in total. The van der Waals surface area contributed by atoms with E-state index in [2.05, 4.69) is 15.3 Å². The fourth-order valence-electron chi connectivity index (χ4n) is 4.84. The fourth-order valence-corrected chi connectivity index (χ4v) is 4.84. The van der Waals surface area contributed by atoms with Crippen molar-refractivity contribution in [1.82, 2.24) is 10.3 Å². The van der Waals surface area contributed by atoms with Crippen LogP contribution in [0.1, 0.15) is 22.3 Å². The molecule has 176 valence electrons. The van der Waals surface area contributed by atoms with Crippen molar-refractivity contribution in [2.75, 3.05) is 11.4 Å². The van der Waals surface area contributed by atoms with Gasteiger partial charge in [0.05, 0.1) is 16.9 Å². The Bertz CT molecular complexity index is 1590. The second-order valence-corrected chi connectivity index (χ2v) is 8.68. The summed E-state index contributed by atoms with van der Waals surface area (Å²) in [6.45, 7) is 0.481. The summed E-state index contributed by atoms with van der Waals surface area (Å²) in [5.74, 6) is -1.27. The van der Waals surface area contributed by atoms with E-state index in [1.807, 2.05) is 48.5 Å². The van der Waals surface area contributed by atoms with Crippen LogP contribution in [-0.4, -0.2) is 35.2 Å². The molecule has 0 bridgehead atoms. The summed E-state index contributed by atoms with van der Waals surface area (Å²) >= 11 is 0. The lowest BCUT2D eigenvalue weighted by atomic mass is 9.98. The van der Waals surface area contributed by atoms with Crippen LogP contribution in [0.15, 0.2) is 90.1 Å². The molecule has 0 radical (unpaired) electrons. The number of amides is 2. The smallest absolute Gasteiger partial charge is 0.272 e. The average Bonchev–Trinajstić information content (AvgIpc) is 3.30. The van der Waals surface area contributed by atoms with Crippen molar-refractivity contribution < 1.29 is 14.0 Å². The largest absolute Gasteiger partial charge is 0.323 e. The molecule has 6 rings (SSSR count). The Labute approximate surface area is 206 Å². The number of anilines is 1. The normalized spacial score (nSPS) is 16.7. The number of aromatic nitrogens is 1. The van der Waals surface area contributed by atoms with Gasteiger partial charge in [-0.15, -0.1) is 0 Å². The molecule has 2 amide bonds. The van der Waals surface area contributed by atoms with Crippen molar-refractivity contribution in [3.05, 3.63) is 113 Å². The Morgan fingerprint density at radius 1 is 1.00 bits per heavy atom. The maximum Gasteiger partial charge on any atom is 0.272 e. The van der Waals surface area contributed by atoms with Gasteiger partial charge in [-0.3, -0.25) is 14.6 Å². The molecule has 36 heavy (non-hydrogen) atoms. The van der Waals surface area contributed by atoms with Gasteiger partial charge in [0.15, 0.2) is 0 Å². The molecule has 2 aliphatic heterocycles. The third kappa shape index (κ3) is 3.75. The SMILES string of the molecule is O=C(/C=C/c1cccc2cccnc12)NC1N=C(c2ccccc2F)c2cccc3c2N(CC3)C1=O. The number of aliphatic imine (C=N–C) groups is 1. The van der Waals surface area contributed by atoms with Crippen molar-refractivity contribution in [3.63, 3.8) is 0 Å². The number of halogens is 1. The molecule has 3 heterocycles. The topological polar surface area (TPSA) is 74.7 Å². The quantitative estimate of drug-likeness (QED) is 0.447. The van der Waals surface area contributed by atoms with E-state index in [1.54, 1.807) is 35.4 Å². The summed E-state index contributed by atoms with van der Waals surface area (Å²) in [6.07, 6.45) is 4.22. The molecule has 1 unspecified atom stereocenters. The predicted octanol–water partition coefficient (Wildman–Crippen LogP) is 4.27. The van der Waals surface area contributed by atoms with E-state index in [1.165, 1.54) is 12.1 Å². The van der Waals surface area contributed by atoms with Gasteiger partial charge in [-0.05, 0) is 36.3 Å². The molecular formula is C29H21FN4O2. The number of benzene rings is 3. The molecule has 2 aliphatic rings. The van der Waals surface area contributed by atoms with Crippen LogP contribution < -0.4 is 10.2 Å². The zero-order valence-electron chi connectivity index (χ0n) is 19.2. The minimum Gasteiger partial charge on any atom is -0.323 e. The second kappa shape index (κ2) is 8.85. The Balaban J connectivity index is 1.37. The van der Waals surface area contributed by atoms with E-state index in [0.29, 0.717) is 24.2 Å². The number of hydrogen-bond acceptors (Lipinski definition) is 4. The van der Waals surface area contributed by atoms with Crippen molar-refractivity contribution in [2.45, 2.75) is 12.6 Å². The zero-order chi connectivity index (χ0) is 24.6. The molecule has 1 atom stereocenters. The van der Waals surface area contributed by atoms with Gasteiger partial charge >= 0.3 is 0 Å². The number of carbonyl (C=O) groups excluding carboxylic acids is 2. The molecule has 6 nitrogen and oxygen atoms in total. The third-order valence-electron chi connectivity index (χ3n) is 6.49. The first-order valence-electron chi connectivity index (χ1n) is 11.7. The van der Waals surface area contributed by atoms with E-state index in [0.717, 1.165) is 27.7 Å². The monoisotopic (exact) mass is 476 g/mol. The first-order chi connectivity index (χ1) is 17.6. The summed E-state index contributed by atoms with van der Waals surface area (Å²) in [7, 11) is 0. The molecule has 3 aromatic carbocycles. The maximum atomic E-state index is 14.9. The highest BCUT2D eigenvalue weighted by atomic mass is 19.1. The molecule has 4 aromatic rings. The summed E-state index contributed by atoms with van der Waals surface area (Å²) < 4.78 is 14.9. The average molecular weight is 477 g/mol. The lowest BCUT2D eigenvalue weighted by Crippen LogP contribution is -2.46. The fraction of sp³-hybridized carbons (Fsp3) is 0.103. The van der Waals surface area contributed by atoms with E-state index >= 15 is 0 Å². The lowest BCUT2D eigenvalue weighted by Gasteiger charge is -2.20. The summed E-state index contributed by atoms with van der Waals surface area (Å²) in [5, 5.41) is 3.68. The Morgan fingerprint density at radius 3 is 2.69 bits per heavy atom. The molecule has 0 fully saturated rings. The molecule has 0 aliphatic carbocycles. The van der Waals surface area contributed by atoms with Crippen LogP contribution >= 0.6 is 0 Å². The van der Waals surface area contributed by atoms with Gasteiger partial charge in [-0.25, -0.2) is 9.38 Å². The minimum atomic E-state index is -1.19. The van der Waals surface area contributed by atoms with Gasteiger partial charge in [0.25, 0.3) is 5.91 Å². The summed E-state index contributed by atoms with van der Waals surface area (Å²) in [6, 6.07) is 21.5. The number of carbonyl (C=O) groups is 2. The van der Waals surface area contributed by atoms with Crippen LogP contribution in [0.3, 0.4) is 0 Å². The van der Waals surface area contributed by atoms with E-state index < -0.39 is 17.9 Å².